The summed E-state index contributed by atoms with van der Waals surface area (Å²) < 4.78 is 2.11. The molecule has 6 nitrogen and oxygen atoms in total. The lowest BCUT2D eigenvalue weighted by Crippen LogP contribution is -2.40. The fourth-order valence-corrected chi connectivity index (χ4v) is 4.35. The lowest BCUT2D eigenvalue weighted by atomic mass is 9.94. The Morgan fingerprint density at radius 3 is 2.67 bits per heavy atom. The van der Waals surface area contributed by atoms with E-state index in [9.17, 15) is 9.59 Å². The molecule has 2 amide bonds. The Hall–Kier alpha value is -2.37. The summed E-state index contributed by atoms with van der Waals surface area (Å²) in [6, 6.07) is 8.46. The van der Waals surface area contributed by atoms with Crippen molar-refractivity contribution in [1.29, 1.82) is 0 Å². The summed E-state index contributed by atoms with van der Waals surface area (Å²) in [5.74, 6) is 1.27. The van der Waals surface area contributed by atoms with E-state index in [1.165, 1.54) is 19.3 Å². The number of hydrogen-bond acceptors (Lipinski definition) is 3. The lowest BCUT2D eigenvalue weighted by molar-refractivity contribution is -0.133. The van der Waals surface area contributed by atoms with E-state index in [1.807, 2.05) is 37.1 Å². The number of likely N-dealkylation sites (N-methyl/N-ethyl adjacent to an activating group) is 1. The maximum Gasteiger partial charge on any atom is 0.242 e. The topological polar surface area (TPSA) is 67.2 Å². The number of benzene rings is 1. The molecular weight excluding hydrogens is 376 g/mol. The number of hydrogen-bond donors (Lipinski definition) is 1. The first kappa shape index (κ1) is 22.3. The molecule has 1 aliphatic rings. The number of aryl methyl sites for hydroxylation is 1. The monoisotopic (exact) mass is 412 g/mol. The summed E-state index contributed by atoms with van der Waals surface area (Å²) in [6.45, 7) is 2.95. The van der Waals surface area contributed by atoms with E-state index < -0.39 is 0 Å². The van der Waals surface area contributed by atoms with Crippen molar-refractivity contribution in [2.45, 2.75) is 83.7 Å². The van der Waals surface area contributed by atoms with Crippen LogP contribution >= 0.6 is 0 Å². The first-order valence-electron chi connectivity index (χ1n) is 11.6. The van der Waals surface area contributed by atoms with E-state index in [4.69, 9.17) is 4.98 Å². The molecule has 1 saturated carbocycles. The van der Waals surface area contributed by atoms with Gasteiger partial charge in [0.25, 0.3) is 0 Å². The Morgan fingerprint density at radius 2 is 1.90 bits per heavy atom. The summed E-state index contributed by atoms with van der Waals surface area (Å²) in [6.07, 6.45) is 10.3. The van der Waals surface area contributed by atoms with Crippen LogP contribution < -0.4 is 5.32 Å². The molecule has 1 aromatic carbocycles. The number of amides is 2. The quantitative estimate of drug-likeness (QED) is 0.598. The number of nitrogens with zero attached hydrogens (tertiary/aromatic N) is 3. The zero-order valence-corrected chi connectivity index (χ0v) is 18.5. The van der Waals surface area contributed by atoms with Gasteiger partial charge >= 0.3 is 0 Å². The standard InChI is InChI=1S/C24H36N4O2/c1-3-23(29)25-17-11-5-8-16-22-26-20-14-9-10-15-21(20)28(22)18-24(30)27(2)19-12-6-4-7-13-19/h9-10,14-15,19H,3-8,11-13,16-18H2,1-2H3,(H,25,29). The van der Waals surface area contributed by atoms with Crippen LogP contribution in [0.2, 0.25) is 0 Å². The van der Waals surface area contributed by atoms with Gasteiger partial charge < -0.3 is 14.8 Å². The molecule has 0 saturated heterocycles. The number of unbranched alkanes of at least 4 members (excludes halogenated alkanes) is 2. The van der Waals surface area contributed by atoms with Crippen molar-refractivity contribution in [2.75, 3.05) is 13.6 Å². The number of fused-ring (bicyclic) bond motifs is 1. The van der Waals surface area contributed by atoms with Crippen molar-refractivity contribution in [1.82, 2.24) is 19.8 Å². The molecule has 2 aromatic rings. The molecule has 0 atom stereocenters. The second kappa shape index (κ2) is 11.1. The van der Waals surface area contributed by atoms with Gasteiger partial charge in [0, 0.05) is 32.5 Å². The smallest absolute Gasteiger partial charge is 0.242 e. The third kappa shape index (κ3) is 5.83. The summed E-state index contributed by atoms with van der Waals surface area (Å²) in [5.41, 5.74) is 1.99. The summed E-state index contributed by atoms with van der Waals surface area (Å²) >= 11 is 0. The van der Waals surface area contributed by atoms with Gasteiger partial charge in [0.15, 0.2) is 0 Å². The van der Waals surface area contributed by atoms with Crippen LogP contribution in [-0.4, -0.2) is 45.9 Å². The van der Waals surface area contributed by atoms with Gasteiger partial charge in [0.2, 0.25) is 11.8 Å². The predicted molar refractivity (Wildman–Crippen MR) is 120 cm³/mol. The van der Waals surface area contributed by atoms with E-state index in [-0.39, 0.29) is 11.8 Å². The highest BCUT2D eigenvalue weighted by atomic mass is 16.2. The van der Waals surface area contributed by atoms with Crippen LogP contribution in [0.1, 0.15) is 70.5 Å². The Labute approximate surface area is 180 Å². The second-order valence-electron chi connectivity index (χ2n) is 8.41. The zero-order valence-electron chi connectivity index (χ0n) is 18.5. The Bertz CT molecular complexity index is 839. The van der Waals surface area contributed by atoms with Crippen LogP contribution in [-0.2, 0) is 22.6 Å². The normalized spacial score (nSPS) is 14.7. The molecule has 0 radical (unpaired) electrons. The van der Waals surface area contributed by atoms with Crippen LogP contribution in [0.15, 0.2) is 24.3 Å². The number of para-hydroxylation sites is 2. The highest BCUT2D eigenvalue weighted by Gasteiger charge is 2.23. The molecule has 164 valence electrons. The van der Waals surface area contributed by atoms with Crippen molar-refractivity contribution < 1.29 is 9.59 Å². The minimum absolute atomic E-state index is 0.109. The van der Waals surface area contributed by atoms with Crippen LogP contribution in [0.3, 0.4) is 0 Å². The molecule has 30 heavy (non-hydrogen) atoms. The van der Waals surface area contributed by atoms with Crippen LogP contribution in [0.4, 0.5) is 0 Å². The largest absolute Gasteiger partial charge is 0.356 e. The minimum atomic E-state index is 0.109. The third-order valence-corrected chi connectivity index (χ3v) is 6.26. The van der Waals surface area contributed by atoms with Crippen molar-refractivity contribution in [2.24, 2.45) is 0 Å². The van der Waals surface area contributed by atoms with Gasteiger partial charge in [-0.25, -0.2) is 4.98 Å². The fraction of sp³-hybridized carbons (Fsp3) is 0.625. The van der Waals surface area contributed by atoms with Crippen LogP contribution in [0.25, 0.3) is 11.0 Å². The average Bonchev–Trinajstić information content (AvgIpc) is 3.13. The zero-order chi connectivity index (χ0) is 21.3. The summed E-state index contributed by atoms with van der Waals surface area (Å²) in [4.78, 5) is 31.2. The van der Waals surface area contributed by atoms with Gasteiger partial charge in [-0.1, -0.05) is 44.7 Å². The summed E-state index contributed by atoms with van der Waals surface area (Å²) in [7, 11) is 1.96. The molecule has 1 heterocycles. The van der Waals surface area contributed by atoms with Crippen LogP contribution in [0.5, 0.6) is 0 Å². The summed E-state index contributed by atoms with van der Waals surface area (Å²) in [5, 5.41) is 2.92. The van der Waals surface area contributed by atoms with Crippen molar-refractivity contribution in [3.05, 3.63) is 30.1 Å². The highest BCUT2D eigenvalue weighted by Crippen LogP contribution is 2.23. The minimum Gasteiger partial charge on any atom is -0.356 e. The van der Waals surface area contributed by atoms with E-state index in [2.05, 4.69) is 16.0 Å². The maximum atomic E-state index is 13.1. The van der Waals surface area contributed by atoms with E-state index >= 15 is 0 Å². The number of imidazole rings is 1. The molecule has 0 aliphatic heterocycles. The van der Waals surface area contributed by atoms with E-state index in [0.29, 0.717) is 19.0 Å². The van der Waals surface area contributed by atoms with E-state index in [0.717, 1.165) is 61.9 Å². The van der Waals surface area contributed by atoms with E-state index in [1.54, 1.807) is 0 Å². The van der Waals surface area contributed by atoms with Gasteiger partial charge in [0.1, 0.15) is 12.4 Å². The number of rotatable bonds is 10. The molecule has 6 heteroatoms. The molecular formula is C24H36N4O2. The molecule has 3 rings (SSSR count). The number of nitrogens with one attached hydrogen (secondary N) is 1. The highest BCUT2D eigenvalue weighted by molar-refractivity contribution is 5.81. The molecule has 1 aliphatic carbocycles. The maximum absolute atomic E-state index is 13.1. The van der Waals surface area contributed by atoms with Gasteiger partial charge in [-0.05, 0) is 37.8 Å². The molecule has 1 fully saturated rings. The molecule has 0 spiro atoms. The van der Waals surface area contributed by atoms with Gasteiger partial charge in [-0.15, -0.1) is 0 Å². The average molecular weight is 413 g/mol. The molecule has 0 bridgehead atoms. The van der Waals surface area contributed by atoms with Crippen molar-refractivity contribution in [3.8, 4) is 0 Å². The van der Waals surface area contributed by atoms with Crippen molar-refractivity contribution in [3.63, 3.8) is 0 Å². The molecule has 1 N–H and O–H groups in total. The Balaban J connectivity index is 1.61. The van der Waals surface area contributed by atoms with Crippen molar-refractivity contribution >= 4 is 22.8 Å². The molecule has 0 unspecified atom stereocenters. The number of carbonyl (C=O) groups excluding carboxylic acids is 2. The van der Waals surface area contributed by atoms with Gasteiger partial charge in [0.05, 0.1) is 11.0 Å². The number of carbonyl (C=O) groups is 2. The molecule has 1 aromatic heterocycles. The van der Waals surface area contributed by atoms with Gasteiger partial charge in [-0.2, -0.15) is 0 Å². The Morgan fingerprint density at radius 1 is 1.13 bits per heavy atom. The SMILES string of the molecule is CCC(=O)NCCCCCc1nc2ccccc2n1CC(=O)N(C)C1CCCCC1. The Kier molecular flexibility index (Phi) is 8.29. The first-order chi connectivity index (χ1) is 14.6. The second-order valence-corrected chi connectivity index (χ2v) is 8.41. The van der Waals surface area contributed by atoms with Crippen LogP contribution in [0, 0.1) is 0 Å². The first-order valence-corrected chi connectivity index (χ1v) is 11.6. The number of aromatic nitrogens is 2. The predicted octanol–water partition coefficient (Wildman–Crippen LogP) is 4.07. The van der Waals surface area contributed by atoms with Gasteiger partial charge in [-0.3, -0.25) is 9.59 Å². The lowest BCUT2D eigenvalue weighted by Gasteiger charge is -2.31. The fourth-order valence-electron chi connectivity index (χ4n) is 4.35. The third-order valence-electron chi connectivity index (χ3n) is 6.26.